The van der Waals surface area contributed by atoms with Gasteiger partial charge in [-0.15, -0.1) is 0 Å². The van der Waals surface area contributed by atoms with E-state index in [4.69, 9.17) is 4.52 Å². The molecule has 0 fully saturated rings. The maximum atomic E-state index is 13.1. The lowest BCUT2D eigenvalue weighted by molar-refractivity contribution is 0.0914. The van der Waals surface area contributed by atoms with Crippen molar-refractivity contribution in [1.82, 2.24) is 20.3 Å². The fourth-order valence-electron chi connectivity index (χ4n) is 3.25. The first kappa shape index (κ1) is 19.6. The molecule has 0 spiro atoms. The summed E-state index contributed by atoms with van der Waals surface area (Å²) in [5, 5.41) is 11.2. The maximum absolute atomic E-state index is 13.1. The van der Waals surface area contributed by atoms with Crippen molar-refractivity contribution in [3.8, 4) is 11.3 Å². The third kappa shape index (κ3) is 4.46. The number of hydrogen-bond donors (Lipinski definition) is 1. The lowest BCUT2D eigenvalue weighted by atomic mass is 10.1. The zero-order valence-corrected chi connectivity index (χ0v) is 16.7. The number of carbonyl (C=O) groups excluding carboxylic acids is 1. The van der Waals surface area contributed by atoms with Gasteiger partial charge in [0.05, 0.1) is 12.2 Å². The number of hydrogen-bond acceptors (Lipinski definition) is 4. The maximum Gasteiger partial charge on any atom is 0.290 e. The highest BCUT2D eigenvalue weighted by molar-refractivity contribution is 5.92. The summed E-state index contributed by atoms with van der Waals surface area (Å²) in [4.78, 5) is 12.4. The number of rotatable bonds is 6. The molecule has 1 amide bonds. The van der Waals surface area contributed by atoms with Gasteiger partial charge in [-0.3, -0.25) is 9.48 Å². The lowest BCUT2D eigenvalue weighted by Gasteiger charge is -2.08. The Hall–Kier alpha value is -3.74. The van der Waals surface area contributed by atoms with E-state index in [9.17, 15) is 9.18 Å². The second-order valence-electron chi connectivity index (χ2n) is 7.17. The van der Waals surface area contributed by atoms with Gasteiger partial charge in [0, 0.05) is 23.9 Å². The molecule has 2 heterocycles. The van der Waals surface area contributed by atoms with Gasteiger partial charge in [-0.1, -0.05) is 29.4 Å². The van der Waals surface area contributed by atoms with Crippen LogP contribution in [-0.2, 0) is 13.1 Å². The molecule has 30 heavy (non-hydrogen) atoms. The van der Waals surface area contributed by atoms with Crippen LogP contribution in [-0.4, -0.2) is 20.8 Å². The Morgan fingerprint density at radius 1 is 1.07 bits per heavy atom. The van der Waals surface area contributed by atoms with Gasteiger partial charge in [-0.05, 0) is 55.3 Å². The third-order valence-electron chi connectivity index (χ3n) is 4.75. The minimum atomic E-state index is -0.361. The first-order chi connectivity index (χ1) is 14.5. The summed E-state index contributed by atoms with van der Waals surface area (Å²) < 4.78 is 20.2. The normalized spacial score (nSPS) is 10.9. The molecule has 1 N–H and O–H groups in total. The van der Waals surface area contributed by atoms with Gasteiger partial charge < -0.3 is 9.84 Å². The standard InChI is InChI=1S/C23H21FN4O2/c1-15-10-16(2)28(26-15)14-18-5-3-4-17(11-18)13-25-23(29)22-12-21(27-30-22)19-6-8-20(24)9-7-19/h3-12H,13-14H2,1-2H3,(H,25,29). The van der Waals surface area contributed by atoms with E-state index in [0.29, 0.717) is 24.3 Å². The molecule has 4 rings (SSSR count). The van der Waals surface area contributed by atoms with E-state index < -0.39 is 0 Å². The molecule has 0 aliphatic carbocycles. The fraction of sp³-hybridized carbons (Fsp3) is 0.174. The van der Waals surface area contributed by atoms with Gasteiger partial charge in [0.25, 0.3) is 5.91 Å². The molecule has 6 nitrogen and oxygen atoms in total. The summed E-state index contributed by atoms with van der Waals surface area (Å²) in [6.07, 6.45) is 0. The van der Waals surface area contributed by atoms with Crippen molar-refractivity contribution < 1.29 is 13.7 Å². The van der Waals surface area contributed by atoms with Crippen LogP contribution in [0.25, 0.3) is 11.3 Å². The summed E-state index contributed by atoms with van der Waals surface area (Å²) >= 11 is 0. The number of aryl methyl sites for hydroxylation is 2. The zero-order valence-electron chi connectivity index (χ0n) is 16.7. The van der Waals surface area contributed by atoms with E-state index in [2.05, 4.69) is 15.6 Å². The molecule has 7 heteroatoms. The van der Waals surface area contributed by atoms with Crippen molar-refractivity contribution in [3.05, 3.63) is 94.8 Å². The quantitative estimate of drug-likeness (QED) is 0.521. The summed E-state index contributed by atoms with van der Waals surface area (Å²) in [5.41, 5.74) is 5.33. The molecule has 0 atom stereocenters. The van der Waals surface area contributed by atoms with E-state index in [0.717, 1.165) is 22.5 Å². The van der Waals surface area contributed by atoms with Gasteiger partial charge in [0.15, 0.2) is 0 Å². The molecular formula is C23H21FN4O2. The predicted octanol–water partition coefficient (Wildman–Crippen LogP) is 4.27. The Balaban J connectivity index is 1.39. The first-order valence-electron chi connectivity index (χ1n) is 9.57. The number of nitrogens with one attached hydrogen (secondary N) is 1. The summed E-state index contributed by atoms with van der Waals surface area (Å²) in [6, 6.07) is 17.4. The lowest BCUT2D eigenvalue weighted by Crippen LogP contribution is -2.22. The Kier molecular flexibility index (Phi) is 5.43. The van der Waals surface area contributed by atoms with Crippen molar-refractivity contribution in [1.29, 1.82) is 0 Å². The molecule has 0 bridgehead atoms. The highest BCUT2D eigenvalue weighted by Gasteiger charge is 2.14. The van der Waals surface area contributed by atoms with E-state index in [-0.39, 0.29) is 17.5 Å². The monoisotopic (exact) mass is 404 g/mol. The average Bonchev–Trinajstić information content (AvgIpc) is 3.34. The first-order valence-corrected chi connectivity index (χ1v) is 9.57. The number of nitrogens with zero attached hydrogens (tertiary/aromatic N) is 3. The molecule has 0 aliphatic rings. The number of aromatic nitrogens is 3. The molecule has 0 aliphatic heterocycles. The number of carbonyl (C=O) groups is 1. The SMILES string of the molecule is Cc1cc(C)n(Cc2cccc(CNC(=O)c3cc(-c4ccc(F)cc4)no3)c2)n1. The molecule has 4 aromatic rings. The molecule has 0 saturated heterocycles. The van der Waals surface area contributed by atoms with Gasteiger partial charge in [-0.25, -0.2) is 4.39 Å². The molecule has 2 aromatic carbocycles. The van der Waals surface area contributed by atoms with Crippen molar-refractivity contribution >= 4 is 5.91 Å². The highest BCUT2D eigenvalue weighted by Crippen LogP contribution is 2.19. The molecule has 0 unspecified atom stereocenters. The van der Waals surface area contributed by atoms with Crippen LogP contribution >= 0.6 is 0 Å². The Morgan fingerprint density at radius 3 is 2.57 bits per heavy atom. The van der Waals surface area contributed by atoms with Crippen LogP contribution in [0.4, 0.5) is 4.39 Å². The largest absolute Gasteiger partial charge is 0.350 e. The van der Waals surface area contributed by atoms with E-state index in [1.165, 1.54) is 12.1 Å². The average molecular weight is 404 g/mol. The van der Waals surface area contributed by atoms with Crippen LogP contribution in [0.2, 0.25) is 0 Å². The zero-order chi connectivity index (χ0) is 21.1. The van der Waals surface area contributed by atoms with Crippen LogP contribution in [0.15, 0.2) is 65.2 Å². The molecule has 0 radical (unpaired) electrons. The summed E-state index contributed by atoms with van der Waals surface area (Å²) in [6.45, 7) is 5.03. The van der Waals surface area contributed by atoms with Gasteiger partial charge in [0.2, 0.25) is 5.76 Å². The Morgan fingerprint density at radius 2 is 1.83 bits per heavy atom. The fourth-order valence-corrected chi connectivity index (χ4v) is 3.25. The van der Waals surface area contributed by atoms with E-state index in [1.54, 1.807) is 18.2 Å². The van der Waals surface area contributed by atoms with Crippen molar-refractivity contribution in [2.24, 2.45) is 0 Å². The van der Waals surface area contributed by atoms with Crippen molar-refractivity contribution in [3.63, 3.8) is 0 Å². The van der Waals surface area contributed by atoms with Crippen molar-refractivity contribution in [2.75, 3.05) is 0 Å². The summed E-state index contributed by atoms with van der Waals surface area (Å²) in [5.74, 6) is -0.590. The van der Waals surface area contributed by atoms with Gasteiger partial charge in [0.1, 0.15) is 11.5 Å². The van der Waals surface area contributed by atoms with Crippen LogP contribution in [0.1, 0.15) is 33.1 Å². The van der Waals surface area contributed by atoms with Gasteiger partial charge in [-0.2, -0.15) is 5.10 Å². The Labute approximate surface area is 173 Å². The number of amides is 1. The molecule has 152 valence electrons. The smallest absolute Gasteiger partial charge is 0.290 e. The van der Waals surface area contributed by atoms with E-state index >= 15 is 0 Å². The second kappa shape index (κ2) is 8.32. The molecule has 0 saturated carbocycles. The van der Waals surface area contributed by atoms with Crippen LogP contribution < -0.4 is 5.32 Å². The Bertz CT molecular complexity index is 1180. The third-order valence-corrected chi connectivity index (χ3v) is 4.75. The minimum Gasteiger partial charge on any atom is -0.350 e. The van der Waals surface area contributed by atoms with Crippen molar-refractivity contribution in [2.45, 2.75) is 26.9 Å². The van der Waals surface area contributed by atoms with Gasteiger partial charge >= 0.3 is 0 Å². The minimum absolute atomic E-state index is 0.105. The van der Waals surface area contributed by atoms with Crippen LogP contribution in [0.3, 0.4) is 0 Å². The van der Waals surface area contributed by atoms with Crippen LogP contribution in [0.5, 0.6) is 0 Å². The topological polar surface area (TPSA) is 73.0 Å². The highest BCUT2D eigenvalue weighted by atomic mass is 19.1. The number of halogens is 1. The summed E-state index contributed by atoms with van der Waals surface area (Å²) in [7, 11) is 0. The predicted molar refractivity (Wildman–Crippen MR) is 110 cm³/mol. The number of benzene rings is 2. The second-order valence-corrected chi connectivity index (χ2v) is 7.17. The van der Waals surface area contributed by atoms with Crippen LogP contribution in [0, 0.1) is 19.7 Å². The molecule has 2 aromatic heterocycles. The van der Waals surface area contributed by atoms with E-state index in [1.807, 2.05) is 48.9 Å². The molecular weight excluding hydrogens is 383 g/mol.